The third-order valence-corrected chi connectivity index (χ3v) is 7.55. The number of hydrogen-bond acceptors (Lipinski definition) is 8. The summed E-state index contributed by atoms with van der Waals surface area (Å²) in [4.78, 5) is 38.8. The number of nitrogens with two attached hydrogens (primary N) is 1. The van der Waals surface area contributed by atoms with Gasteiger partial charge < -0.3 is 20.6 Å². The van der Waals surface area contributed by atoms with E-state index in [0.29, 0.717) is 30.1 Å². The third kappa shape index (κ3) is 3.88. The van der Waals surface area contributed by atoms with Crippen molar-refractivity contribution in [2.75, 3.05) is 23.7 Å². The van der Waals surface area contributed by atoms with Gasteiger partial charge in [0.2, 0.25) is 0 Å². The van der Waals surface area contributed by atoms with E-state index in [9.17, 15) is 14.7 Å². The van der Waals surface area contributed by atoms with Crippen LogP contribution in [0.2, 0.25) is 0 Å². The largest absolute Gasteiger partial charge is 0.384 e. The van der Waals surface area contributed by atoms with Crippen molar-refractivity contribution in [3.8, 4) is 22.4 Å². The first-order chi connectivity index (χ1) is 18.3. The van der Waals surface area contributed by atoms with Crippen LogP contribution in [-0.2, 0) is 4.79 Å². The van der Waals surface area contributed by atoms with Crippen LogP contribution in [-0.4, -0.2) is 72.6 Å². The predicted molar refractivity (Wildman–Crippen MR) is 144 cm³/mol. The van der Waals surface area contributed by atoms with E-state index < -0.39 is 6.10 Å². The number of rotatable bonds is 5. The normalized spacial score (nSPS) is 19.7. The molecule has 2 aliphatic rings. The molecule has 3 atom stereocenters. The number of piperazine rings is 1. The summed E-state index contributed by atoms with van der Waals surface area (Å²) in [5.74, 6) is 0.274. The van der Waals surface area contributed by atoms with Crippen molar-refractivity contribution >= 4 is 29.0 Å². The number of nitrogens with zero attached hydrogens (tertiary/aromatic N) is 6. The van der Waals surface area contributed by atoms with E-state index in [4.69, 9.17) is 10.7 Å². The molecule has 6 rings (SSSR count). The van der Waals surface area contributed by atoms with Crippen LogP contribution in [0.25, 0.3) is 28.0 Å². The van der Waals surface area contributed by atoms with Crippen LogP contribution < -0.4 is 10.6 Å². The summed E-state index contributed by atoms with van der Waals surface area (Å²) in [6, 6.07) is 13.8. The van der Waals surface area contributed by atoms with Crippen molar-refractivity contribution in [3.63, 3.8) is 0 Å². The van der Waals surface area contributed by atoms with E-state index >= 15 is 0 Å². The molecule has 0 spiro atoms. The van der Waals surface area contributed by atoms with E-state index in [2.05, 4.69) is 15.0 Å². The molecule has 0 saturated carbocycles. The number of benzene rings is 1. The number of aromatic nitrogens is 4. The first kappa shape index (κ1) is 24.1. The van der Waals surface area contributed by atoms with Crippen LogP contribution in [0.1, 0.15) is 37.0 Å². The standard InChI is InChI=1S/C28H29N7O3/c1-16(36)24-25(29)35-26(22(13-31-35)19-8-11-23(30-12-19)18-6-4-3-5-7-18)32-27(24)33-14-20-9-10-21(15-33)34(20)28(38)17(2)37/h3-8,11-13,17,20-21,37H,9-10,14-15,29H2,1-2H3. The zero-order valence-electron chi connectivity index (χ0n) is 21.3. The Morgan fingerprint density at radius 1 is 1.03 bits per heavy atom. The highest BCUT2D eigenvalue weighted by atomic mass is 16.3. The van der Waals surface area contributed by atoms with Gasteiger partial charge in [-0.05, 0) is 32.8 Å². The number of Topliss-reactive ketones (excluding diaryl/α,β-unsaturated/α-hetero) is 1. The molecule has 2 fully saturated rings. The van der Waals surface area contributed by atoms with Gasteiger partial charge >= 0.3 is 0 Å². The van der Waals surface area contributed by atoms with Gasteiger partial charge in [-0.1, -0.05) is 36.4 Å². The number of pyridine rings is 1. The molecule has 2 aliphatic heterocycles. The van der Waals surface area contributed by atoms with Gasteiger partial charge in [-0.3, -0.25) is 14.6 Å². The third-order valence-electron chi connectivity index (χ3n) is 7.55. The van der Waals surface area contributed by atoms with Crippen molar-refractivity contribution < 1.29 is 14.7 Å². The molecule has 3 N–H and O–H groups in total. The lowest BCUT2D eigenvalue weighted by atomic mass is 10.1. The number of carbonyl (C=O) groups excluding carboxylic acids is 2. The maximum Gasteiger partial charge on any atom is 0.251 e. The Hall–Kier alpha value is -4.31. The lowest BCUT2D eigenvalue weighted by Gasteiger charge is -2.42. The molecule has 10 heteroatoms. The van der Waals surface area contributed by atoms with Gasteiger partial charge in [0, 0.05) is 48.1 Å². The minimum Gasteiger partial charge on any atom is -0.384 e. The zero-order chi connectivity index (χ0) is 26.6. The molecule has 5 heterocycles. The van der Waals surface area contributed by atoms with Crippen LogP contribution in [0, 0.1) is 0 Å². The van der Waals surface area contributed by atoms with Gasteiger partial charge in [-0.2, -0.15) is 9.61 Å². The summed E-state index contributed by atoms with van der Waals surface area (Å²) in [5, 5.41) is 14.3. The number of anilines is 2. The SMILES string of the molecule is CC(=O)c1c(N2CC3CCC(C2)N3C(=O)C(C)O)nc2c(-c3ccc(-c4ccccc4)nc3)cnn2c1N. The fourth-order valence-corrected chi connectivity index (χ4v) is 5.76. The van der Waals surface area contributed by atoms with Gasteiger partial charge in [0.15, 0.2) is 11.4 Å². The monoisotopic (exact) mass is 511 g/mol. The smallest absolute Gasteiger partial charge is 0.251 e. The zero-order valence-corrected chi connectivity index (χ0v) is 21.3. The number of carbonyl (C=O) groups is 2. The number of fused-ring (bicyclic) bond motifs is 3. The van der Waals surface area contributed by atoms with E-state index in [1.54, 1.807) is 17.3 Å². The van der Waals surface area contributed by atoms with Gasteiger partial charge in [0.05, 0.1) is 11.9 Å². The average molecular weight is 512 g/mol. The molecule has 2 bridgehead atoms. The highest BCUT2D eigenvalue weighted by Crippen LogP contribution is 2.37. The van der Waals surface area contributed by atoms with Crippen molar-refractivity contribution in [2.45, 2.75) is 44.9 Å². The Morgan fingerprint density at radius 3 is 2.34 bits per heavy atom. The molecule has 2 saturated heterocycles. The van der Waals surface area contributed by atoms with Crippen molar-refractivity contribution in [1.82, 2.24) is 24.5 Å². The minimum absolute atomic E-state index is 0.0611. The first-order valence-corrected chi connectivity index (χ1v) is 12.8. The summed E-state index contributed by atoms with van der Waals surface area (Å²) in [5.41, 5.74) is 10.8. The lowest BCUT2D eigenvalue weighted by molar-refractivity contribution is -0.142. The molecule has 0 aliphatic carbocycles. The fourth-order valence-electron chi connectivity index (χ4n) is 5.76. The number of ketones is 1. The summed E-state index contributed by atoms with van der Waals surface area (Å²) >= 11 is 0. The second-order valence-electron chi connectivity index (χ2n) is 10.1. The second kappa shape index (κ2) is 9.21. The van der Waals surface area contributed by atoms with E-state index in [-0.39, 0.29) is 29.6 Å². The highest BCUT2D eigenvalue weighted by Gasteiger charge is 2.44. The molecule has 3 unspecified atom stereocenters. The molecule has 1 amide bonds. The minimum atomic E-state index is -1.04. The summed E-state index contributed by atoms with van der Waals surface area (Å²) in [6.07, 6.45) is 4.11. The molecule has 4 aromatic rings. The van der Waals surface area contributed by atoms with Crippen LogP contribution in [0.15, 0.2) is 54.9 Å². The first-order valence-electron chi connectivity index (χ1n) is 12.8. The quantitative estimate of drug-likeness (QED) is 0.391. The number of aliphatic hydroxyl groups excluding tert-OH is 1. The maximum atomic E-state index is 12.8. The number of hydrogen-bond donors (Lipinski definition) is 2. The van der Waals surface area contributed by atoms with Gasteiger partial charge in [-0.25, -0.2) is 4.98 Å². The maximum absolute atomic E-state index is 12.8. The fraction of sp³-hybridized carbons (Fsp3) is 0.321. The van der Waals surface area contributed by atoms with Gasteiger partial charge in [0.1, 0.15) is 23.3 Å². The molecule has 0 radical (unpaired) electrons. The molecule has 194 valence electrons. The van der Waals surface area contributed by atoms with Crippen molar-refractivity contribution in [2.24, 2.45) is 0 Å². The molecular weight excluding hydrogens is 482 g/mol. The van der Waals surface area contributed by atoms with Gasteiger partial charge in [-0.15, -0.1) is 0 Å². The number of aliphatic hydroxyl groups is 1. The van der Waals surface area contributed by atoms with E-state index in [0.717, 1.165) is 35.2 Å². The number of amides is 1. The van der Waals surface area contributed by atoms with Crippen molar-refractivity contribution in [3.05, 3.63) is 60.4 Å². The Labute approximate surface area is 219 Å². The Bertz CT molecular complexity index is 1520. The van der Waals surface area contributed by atoms with Crippen LogP contribution in [0.5, 0.6) is 0 Å². The number of nitrogen functional groups attached to an aromatic ring is 1. The van der Waals surface area contributed by atoms with E-state index in [1.165, 1.54) is 18.4 Å². The summed E-state index contributed by atoms with van der Waals surface area (Å²) in [7, 11) is 0. The highest BCUT2D eigenvalue weighted by molar-refractivity contribution is 6.04. The van der Waals surface area contributed by atoms with E-state index in [1.807, 2.05) is 42.5 Å². The molecule has 38 heavy (non-hydrogen) atoms. The van der Waals surface area contributed by atoms with Gasteiger partial charge in [0.25, 0.3) is 5.91 Å². The summed E-state index contributed by atoms with van der Waals surface area (Å²) in [6.45, 7) is 3.99. The summed E-state index contributed by atoms with van der Waals surface area (Å²) < 4.78 is 1.50. The molecule has 1 aromatic carbocycles. The molecule has 10 nitrogen and oxygen atoms in total. The van der Waals surface area contributed by atoms with Crippen LogP contribution >= 0.6 is 0 Å². The van der Waals surface area contributed by atoms with Crippen molar-refractivity contribution in [1.29, 1.82) is 0 Å². The average Bonchev–Trinajstić information content (AvgIpc) is 3.46. The molecular formula is C28H29N7O3. The Kier molecular flexibility index (Phi) is 5.83. The Morgan fingerprint density at radius 2 is 1.74 bits per heavy atom. The Balaban J connectivity index is 1.40. The molecule has 3 aromatic heterocycles. The topological polar surface area (TPSA) is 130 Å². The van der Waals surface area contributed by atoms with Crippen LogP contribution in [0.3, 0.4) is 0 Å². The van der Waals surface area contributed by atoms with Crippen LogP contribution in [0.4, 0.5) is 11.6 Å². The lowest BCUT2D eigenvalue weighted by Crippen LogP contribution is -2.58. The second-order valence-corrected chi connectivity index (χ2v) is 10.1. The predicted octanol–water partition coefficient (Wildman–Crippen LogP) is 2.80.